The number of benzene rings is 1. The van der Waals surface area contributed by atoms with Gasteiger partial charge in [0, 0.05) is 32.2 Å². The van der Waals surface area contributed by atoms with Crippen LogP contribution in [0.3, 0.4) is 0 Å². The molecular formula is C19H27F2N3O3S. The molecule has 1 aromatic carbocycles. The van der Waals surface area contributed by atoms with Gasteiger partial charge in [-0.15, -0.1) is 0 Å². The summed E-state index contributed by atoms with van der Waals surface area (Å²) in [6.45, 7) is 3.63. The first-order valence-corrected chi connectivity index (χ1v) is 11.2. The second-order valence-electron chi connectivity index (χ2n) is 7.69. The van der Waals surface area contributed by atoms with Gasteiger partial charge in [0.1, 0.15) is 0 Å². The van der Waals surface area contributed by atoms with Gasteiger partial charge < -0.3 is 5.32 Å². The van der Waals surface area contributed by atoms with E-state index in [1.807, 2.05) is 4.90 Å². The number of rotatable bonds is 5. The molecule has 1 aliphatic carbocycles. The molecule has 1 aliphatic heterocycles. The lowest BCUT2D eigenvalue weighted by molar-refractivity contribution is -0.123. The summed E-state index contributed by atoms with van der Waals surface area (Å²) in [7, 11) is -3.88. The largest absolute Gasteiger partial charge is 0.352 e. The summed E-state index contributed by atoms with van der Waals surface area (Å²) in [5.41, 5.74) is 0. The van der Waals surface area contributed by atoms with Gasteiger partial charge in [0.15, 0.2) is 11.6 Å². The summed E-state index contributed by atoms with van der Waals surface area (Å²) >= 11 is 0. The minimum atomic E-state index is -3.88. The molecule has 0 bridgehead atoms. The third-order valence-electron chi connectivity index (χ3n) is 5.69. The van der Waals surface area contributed by atoms with Crippen LogP contribution in [0.1, 0.15) is 32.6 Å². The Morgan fingerprint density at radius 3 is 2.43 bits per heavy atom. The number of carbonyl (C=O) groups is 1. The molecule has 0 radical (unpaired) electrons. The number of carbonyl (C=O) groups excluding carboxylic acids is 1. The van der Waals surface area contributed by atoms with Gasteiger partial charge in [-0.3, -0.25) is 9.69 Å². The first-order valence-electron chi connectivity index (χ1n) is 9.74. The fourth-order valence-corrected chi connectivity index (χ4v) is 5.34. The Labute approximate surface area is 164 Å². The Morgan fingerprint density at radius 2 is 1.79 bits per heavy atom. The van der Waals surface area contributed by atoms with Crippen LogP contribution in [0.15, 0.2) is 23.1 Å². The maximum absolute atomic E-state index is 13.4. The van der Waals surface area contributed by atoms with Gasteiger partial charge in [-0.25, -0.2) is 17.2 Å². The molecule has 28 heavy (non-hydrogen) atoms. The molecule has 0 aromatic heterocycles. The molecule has 1 amide bonds. The van der Waals surface area contributed by atoms with E-state index in [2.05, 4.69) is 12.2 Å². The van der Waals surface area contributed by atoms with E-state index in [9.17, 15) is 22.0 Å². The zero-order valence-corrected chi connectivity index (χ0v) is 16.9. The fourth-order valence-electron chi connectivity index (χ4n) is 3.90. The van der Waals surface area contributed by atoms with E-state index >= 15 is 0 Å². The number of hydrogen-bond donors (Lipinski definition) is 1. The Balaban J connectivity index is 1.52. The molecule has 3 rings (SSSR count). The van der Waals surface area contributed by atoms with Crippen molar-refractivity contribution in [2.24, 2.45) is 5.92 Å². The highest BCUT2D eigenvalue weighted by Gasteiger charge is 2.30. The topological polar surface area (TPSA) is 69.7 Å². The lowest BCUT2D eigenvalue weighted by Gasteiger charge is -2.34. The standard InChI is InChI=1S/C19H27F2N3O3S/c1-14-4-2-3-5-18(14)22-19(25)13-23-8-10-24(11-9-23)28(26,27)15-6-7-16(20)17(21)12-15/h6-7,12,14,18H,2-5,8-11,13H2,1H3,(H,22,25). The normalized spacial score (nSPS) is 24.8. The summed E-state index contributed by atoms with van der Waals surface area (Å²) < 4.78 is 52.9. The highest BCUT2D eigenvalue weighted by molar-refractivity contribution is 7.89. The minimum Gasteiger partial charge on any atom is -0.352 e. The van der Waals surface area contributed by atoms with Crippen molar-refractivity contribution in [3.63, 3.8) is 0 Å². The number of nitrogens with one attached hydrogen (secondary N) is 1. The van der Waals surface area contributed by atoms with Gasteiger partial charge in [-0.05, 0) is 37.0 Å². The van der Waals surface area contributed by atoms with E-state index in [1.165, 1.54) is 10.7 Å². The molecule has 9 heteroatoms. The number of hydrogen-bond acceptors (Lipinski definition) is 4. The molecule has 1 heterocycles. The molecule has 1 saturated carbocycles. The van der Waals surface area contributed by atoms with Crippen molar-refractivity contribution in [1.29, 1.82) is 0 Å². The molecule has 156 valence electrons. The zero-order valence-electron chi connectivity index (χ0n) is 16.0. The molecule has 2 aliphatic rings. The van der Waals surface area contributed by atoms with Crippen LogP contribution in [0.2, 0.25) is 0 Å². The third kappa shape index (κ3) is 4.87. The van der Waals surface area contributed by atoms with Crippen molar-refractivity contribution in [2.75, 3.05) is 32.7 Å². The van der Waals surface area contributed by atoms with Gasteiger partial charge in [0.05, 0.1) is 11.4 Å². The Morgan fingerprint density at radius 1 is 1.11 bits per heavy atom. The van der Waals surface area contributed by atoms with Crippen molar-refractivity contribution >= 4 is 15.9 Å². The fraction of sp³-hybridized carbons (Fsp3) is 0.632. The van der Waals surface area contributed by atoms with Crippen LogP contribution >= 0.6 is 0 Å². The molecular weight excluding hydrogens is 388 g/mol. The average molecular weight is 416 g/mol. The maximum Gasteiger partial charge on any atom is 0.243 e. The van der Waals surface area contributed by atoms with Crippen molar-refractivity contribution in [3.8, 4) is 0 Å². The smallest absolute Gasteiger partial charge is 0.243 e. The van der Waals surface area contributed by atoms with E-state index in [-0.39, 0.29) is 36.5 Å². The average Bonchev–Trinajstić information content (AvgIpc) is 2.66. The van der Waals surface area contributed by atoms with Crippen LogP contribution in [0.4, 0.5) is 8.78 Å². The summed E-state index contributed by atoms with van der Waals surface area (Å²) in [5, 5.41) is 3.11. The summed E-state index contributed by atoms with van der Waals surface area (Å²) in [5.74, 6) is -1.82. The minimum absolute atomic E-state index is 0.0318. The highest BCUT2D eigenvalue weighted by Crippen LogP contribution is 2.24. The van der Waals surface area contributed by atoms with Crippen LogP contribution in [0, 0.1) is 17.6 Å². The summed E-state index contributed by atoms with van der Waals surface area (Å²) in [6.07, 6.45) is 4.48. The second kappa shape index (κ2) is 8.84. The van der Waals surface area contributed by atoms with Crippen LogP contribution < -0.4 is 5.32 Å². The molecule has 1 saturated heterocycles. The molecule has 6 nitrogen and oxygen atoms in total. The van der Waals surface area contributed by atoms with Gasteiger partial charge in [-0.1, -0.05) is 19.8 Å². The number of sulfonamides is 1. The maximum atomic E-state index is 13.4. The first kappa shape index (κ1) is 21.1. The van der Waals surface area contributed by atoms with Crippen molar-refractivity contribution in [2.45, 2.75) is 43.5 Å². The van der Waals surface area contributed by atoms with Crippen molar-refractivity contribution in [1.82, 2.24) is 14.5 Å². The first-order chi connectivity index (χ1) is 13.3. The van der Waals surface area contributed by atoms with E-state index in [4.69, 9.17) is 0 Å². The second-order valence-corrected chi connectivity index (χ2v) is 9.63. The van der Waals surface area contributed by atoms with Crippen LogP contribution in [0.25, 0.3) is 0 Å². The zero-order chi connectivity index (χ0) is 20.3. The van der Waals surface area contributed by atoms with Crippen molar-refractivity contribution < 1.29 is 22.0 Å². The van der Waals surface area contributed by atoms with Crippen LogP contribution in [-0.2, 0) is 14.8 Å². The van der Waals surface area contributed by atoms with E-state index in [1.54, 1.807) is 0 Å². The highest BCUT2D eigenvalue weighted by atomic mass is 32.2. The van der Waals surface area contributed by atoms with E-state index < -0.39 is 21.7 Å². The number of nitrogens with zero attached hydrogens (tertiary/aromatic N) is 2. The lowest BCUT2D eigenvalue weighted by atomic mass is 9.86. The molecule has 1 aromatic rings. The Hall–Kier alpha value is -1.58. The Kier molecular flexibility index (Phi) is 6.67. The van der Waals surface area contributed by atoms with Crippen LogP contribution in [-0.4, -0.2) is 62.3 Å². The Bertz CT molecular complexity index is 811. The molecule has 2 fully saturated rings. The van der Waals surface area contributed by atoms with Gasteiger partial charge in [-0.2, -0.15) is 4.31 Å². The monoisotopic (exact) mass is 415 g/mol. The molecule has 2 unspecified atom stereocenters. The van der Waals surface area contributed by atoms with Crippen LogP contribution in [0.5, 0.6) is 0 Å². The van der Waals surface area contributed by atoms with E-state index in [0.29, 0.717) is 25.1 Å². The molecule has 0 spiro atoms. The van der Waals surface area contributed by atoms with Gasteiger partial charge in [0.25, 0.3) is 0 Å². The van der Waals surface area contributed by atoms with Crippen molar-refractivity contribution in [3.05, 3.63) is 29.8 Å². The van der Waals surface area contributed by atoms with Gasteiger partial charge in [0.2, 0.25) is 15.9 Å². The lowest BCUT2D eigenvalue weighted by Crippen LogP contribution is -2.52. The van der Waals surface area contributed by atoms with Gasteiger partial charge >= 0.3 is 0 Å². The summed E-state index contributed by atoms with van der Waals surface area (Å²) in [4.78, 5) is 14.0. The predicted octanol–water partition coefficient (Wildman–Crippen LogP) is 1.97. The molecule has 1 N–H and O–H groups in total. The third-order valence-corrected chi connectivity index (χ3v) is 7.58. The number of amides is 1. The quantitative estimate of drug-likeness (QED) is 0.798. The predicted molar refractivity (Wildman–Crippen MR) is 101 cm³/mol. The van der Waals surface area contributed by atoms with E-state index in [0.717, 1.165) is 31.4 Å². The number of piperazine rings is 1. The SMILES string of the molecule is CC1CCCCC1NC(=O)CN1CCN(S(=O)(=O)c2ccc(F)c(F)c2)CC1. The number of halogens is 2. The summed E-state index contributed by atoms with van der Waals surface area (Å²) in [6, 6.07) is 2.81. The molecule has 2 atom stereocenters.